The highest BCUT2D eigenvalue weighted by Crippen LogP contribution is 2.28. The Morgan fingerprint density at radius 1 is 1.20 bits per heavy atom. The zero-order valence-electron chi connectivity index (χ0n) is 18.3. The highest BCUT2D eigenvalue weighted by atomic mass is 127. The van der Waals surface area contributed by atoms with Crippen molar-refractivity contribution in [3.05, 3.63) is 30.3 Å². The number of rotatable bonds is 8. The van der Waals surface area contributed by atoms with Crippen LogP contribution >= 0.6 is 24.0 Å². The summed E-state index contributed by atoms with van der Waals surface area (Å²) in [7, 11) is 3.83. The van der Waals surface area contributed by atoms with Crippen LogP contribution in [0.25, 0.3) is 0 Å². The Kier molecular flexibility index (Phi) is 10.7. The van der Waals surface area contributed by atoms with E-state index in [0.717, 1.165) is 70.4 Å². The molecule has 0 aromatic heterocycles. The lowest BCUT2D eigenvalue weighted by Gasteiger charge is -2.38. The van der Waals surface area contributed by atoms with Crippen LogP contribution in [0.1, 0.15) is 19.3 Å². The molecular weight excluding hydrogens is 493 g/mol. The van der Waals surface area contributed by atoms with Gasteiger partial charge in [0.1, 0.15) is 12.4 Å². The minimum atomic E-state index is 0. The standard InChI is InChI=1S/C22H35N5O2.HI/c1-23-22(25(2)17-18-29-20-9-4-3-5-10-20)24-11-12-26-13-15-27(16-14-26)21(28)19-7-6-8-19;/h3-5,9-10,19H,6-8,11-18H2,1-2H3,(H,23,24);1H. The van der Waals surface area contributed by atoms with Crippen molar-refractivity contribution >= 4 is 35.8 Å². The minimum Gasteiger partial charge on any atom is -0.492 e. The maximum Gasteiger partial charge on any atom is 0.225 e. The van der Waals surface area contributed by atoms with Crippen LogP contribution in [0.5, 0.6) is 5.75 Å². The highest BCUT2D eigenvalue weighted by molar-refractivity contribution is 14.0. The molecule has 1 aromatic rings. The van der Waals surface area contributed by atoms with E-state index in [0.29, 0.717) is 18.4 Å². The maximum absolute atomic E-state index is 12.3. The number of aliphatic imine (C=N–C) groups is 1. The molecule has 1 N–H and O–H groups in total. The third-order valence-electron chi connectivity index (χ3n) is 5.86. The Morgan fingerprint density at radius 2 is 1.90 bits per heavy atom. The van der Waals surface area contributed by atoms with Gasteiger partial charge in [-0.1, -0.05) is 24.6 Å². The van der Waals surface area contributed by atoms with Crippen LogP contribution in [0.2, 0.25) is 0 Å². The number of hydrogen-bond acceptors (Lipinski definition) is 4. The van der Waals surface area contributed by atoms with E-state index in [-0.39, 0.29) is 24.0 Å². The van der Waals surface area contributed by atoms with E-state index >= 15 is 0 Å². The number of piperazine rings is 1. The molecule has 7 nitrogen and oxygen atoms in total. The van der Waals surface area contributed by atoms with Crippen molar-refractivity contribution in [1.82, 2.24) is 20.0 Å². The second kappa shape index (κ2) is 13.0. The lowest BCUT2D eigenvalue weighted by Crippen LogP contribution is -2.52. The van der Waals surface area contributed by atoms with Gasteiger partial charge in [-0.25, -0.2) is 0 Å². The summed E-state index contributed by atoms with van der Waals surface area (Å²) in [6.07, 6.45) is 3.40. The molecule has 1 heterocycles. The van der Waals surface area contributed by atoms with Gasteiger partial charge in [0.05, 0.1) is 6.54 Å². The average Bonchev–Trinajstić information content (AvgIpc) is 2.71. The number of ether oxygens (including phenoxy) is 1. The number of likely N-dealkylation sites (N-methyl/N-ethyl adjacent to an activating group) is 1. The normalized spacial score (nSPS) is 17.7. The molecule has 30 heavy (non-hydrogen) atoms. The third kappa shape index (κ3) is 7.30. The molecule has 0 bridgehead atoms. The van der Waals surface area contributed by atoms with Gasteiger partial charge in [-0.2, -0.15) is 0 Å². The van der Waals surface area contributed by atoms with E-state index in [1.807, 2.05) is 44.4 Å². The SMILES string of the molecule is CN=C(NCCN1CCN(C(=O)C2CCC2)CC1)N(C)CCOc1ccccc1.I. The van der Waals surface area contributed by atoms with E-state index in [4.69, 9.17) is 4.74 Å². The summed E-state index contributed by atoms with van der Waals surface area (Å²) in [6.45, 7) is 6.81. The number of benzene rings is 1. The first-order valence-corrected chi connectivity index (χ1v) is 10.8. The predicted octanol–water partition coefficient (Wildman–Crippen LogP) is 2.13. The Labute approximate surface area is 197 Å². The summed E-state index contributed by atoms with van der Waals surface area (Å²) >= 11 is 0. The fraction of sp³-hybridized carbons (Fsp3) is 0.636. The lowest BCUT2D eigenvalue weighted by atomic mass is 9.84. The van der Waals surface area contributed by atoms with Crippen LogP contribution in [0.15, 0.2) is 35.3 Å². The molecule has 8 heteroatoms. The molecule has 3 rings (SSSR count). The number of halogens is 1. The molecule has 1 amide bonds. The summed E-state index contributed by atoms with van der Waals surface area (Å²) in [5, 5.41) is 3.43. The Morgan fingerprint density at radius 3 is 2.50 bits per heavy atom. The minimum absolute atomic E-state index is 0. The molecule has 1 aliphatic heterocycles. The first kappa shape index (κ1) is 24.7. The highest BCUT2D eigenvalue weighted by Gasteiger charge is 2.30. The van der Waals surface area contributed by atoms with Gasteiger partial charge in [-0.3, -0.25) is 14.7 Å². The predicted molar refractivity (Wildman–Crippen MR) is 132 cm³/mol. The summed E-state index contributed by atoms with van der Waals surface area (Å²) in [5.41, 5.74) is 0. The largest absolute Gasteiger partial charge is 0.492 e. The fourth-order valence-electron chi connectivity index (χ4n) is 3.74. The van der Waals surface area contributed by atoms with Crippen LogP contribution in [0.4, 0.5) is 0 Å². The van der Waals surface area contributed by atoms with Gasteiger partial charge in [0.15, 0.2) is 5.96 Å². The number of para-hydroxylation sites is 1. The summed E-state index contributed by atoms with van der Waals surface area (Å²) in [6, 6.07) is 9.86. The Bertz CT molecular complexity index is 661. The molecule has 1 aromatic carbocycles. The maximum atomic E-state index is 12.3. The van der Waals surface area contributed by atoms with Gasteiger partial charge in [0.25, 0.3) is 0 Å². The number of amides is 1. The summed E-state index contributed by atoms with van der Waals surface area (Å²) < 4.78 is 5.76. The van der Waals surface area contributed by atoms with Crippen molar-refractivity contribution in [3.8, 4) is 5.75 Å². The second-order valence-corrected chi connectivity index (χ2v) is 7.85. The molecule has 0 unspecified atom stereocenters. The molecule has 1 saturated heterocycles. The van der Waals surface area contributed by atoms with Gasteiger partial charge < -0.3 is 19.9 Å². The zero-order valence-corrected chi connectivity index (χ0v) is 20.6. The molecule has 0 atom stereocenters. The smallest absolute Gasteiger partial charge is 0.225 e. The molecule has 0 spiro atoms. The quantitative estimate of drug-likeness (QED) is 0.318. The number of nitrogens with one attached hydrogen (secondary N) is 1. The number of hydrogen-bond donors (Lipinski definition) is 1. The number of carbonyl (C=O) groups excluding carboxylic acids is 1. The lowest BCUT2D eigenvalue weighted by molar-refractivity contribution is -0.139. The molecule has 1 saturated carbocycles. The van der Waals surface area contributed by atoms with Gasteiger partial charge >= 0.3 is 0 Å². The van der Waals surface area contributed by atoms with Crippen molar-refractivity contribution in [3.63, 3.8) is 0 Å². The monoisotopic (exact) mass is 529 g/mol. The summed E-state index contributed by atoms with van der Waals surface area (Å²) in [5.74, 6) is 2.46. The molecule has 2 aliphatic rings. The van der Waals surface area contributed by atoms with Crippen molar-refractivity contribution < 1.29 is 9.53 Å². The van der Waals surface area contributed by atoms with Crippen LogP contribution in [-0.2, 0) is 4.79 Å². The zero-order chi connectivity index (χ0) is 20.5. The molecule has 1 aliphatic carbocycles. The first-order valence-electron chi connectivity index (χ1n) is 10.8. The molecular formula is C22H36IN5O2. The Balaban J connectivity index is 0.00000320. The number of guanidine groups is 1. The molecule has 2 fully saturated rings. The van der Waals surface area contributed by atoms with Crippen molar-refractivity contribution in [2.45, 2.75) is 19.3 Å². The van der Waals surface area contributed by atoms with E-state index in [1.54, 1.807) is 0 Å². The average molecular weight is 529 g/mol. The van der Waals surface area contributed by atoms with Crippen molar-refractivity contribution in [1.29, 1.82) is 0 Å². The van der Waals surface area contributed by atoms with Gasteiger partial charge in [0, 0.05) is 59.3 Å². The molecule has 168 valence electrons. The Hall–Kier alpha value is -1.55. The van der Waals surface area contributed by atoms with Crippen molar-refractivity contribution in [2.24, 2.45) is 10.9 Å². The first-order chi connectivity index (χ1) is 14.2. The van der Waals surface area contributed by atoms with Crippen molar-refractivity contribution in [2.75, 3.05) is 66.5 Å². The van der Waals surface area contributed by atoms with Crippen LogP contribution in [-0.4, -0.2) is 93.1 Å². The van der Waals surface area contributed by atoms with E-state index in [9.17, 15) is 4.79 Å². The second-order valence-electron chi connectivity index (χ2n) is 7.85. The fourth-order valence-corrected chi connectivity index (χ4v) is 3.74. The van der Waals surface area contributed by atoms with Gasteiger partial charge in [-0.15, -0.1) is 24.0 Å². The van der Waals surface area contributed by atoms with Crippen LogP contribution in [0.3, 0.4) is 0 Å². The van der Waals surface area contributed by atoms with Gasteiger partial charge in [0.2, 0.25) is 5.91 Å². The van der Waals surface area contributed by atoms with Crippen LogP contribution in [0, 0.1) is 5.92 Å². The van der Waals surface area contributed by atoms with E-state index in [2.05, 4.69) is 25.0 Å². The van der Waals surface area contributed by atoms with Crippen LogP contribution < -0.4 is 10.1 Å². The third-order valence-corrected chi connectivity index (χ3v) is 5.86. The van der Waals surface area contributed by atoms with E-state index < -0.39 is 0 Å². The number of nitrogens with zero attached hydrogens (tertiary/aromatic N) is 4. The molecule has 0 radical (unpaired) electrons. The topological polar surface area (TPSA) is 60.4 Å². The number of carbonyl (C=O) groups is 1. The van der Waals surface area contributed by atoms with Gasteiger partial charge in [-0.05, 0) is 25.0 Å². The van der Waals surface area contributed by atoms with E-state index in [1.165, 1.54) is 6.42 Å². The summed E-state index contributed by atoms with van der Waals surface area (Å²) in [4.78, 5) is 23.3.